The van der Waals surface area contributed by atoms with Crippen molar-refractivity contribution in [1.82, 2.24) is 0 Å². The lowest BCUT2D eigenvalue weighted by Crippen LogP contribution is -2.37. The van der Waals surface area contributed by atoms with E-state index in [-0.39, 0.29) is 12.3 Å². The van der Waals surface area contributed by atoms with Gasteiger partial charge in [0.05, 0.1) is 19.4 Å². The highest BCUT2D eigenvalue weighted by Gasteiger charge is 2.29. The molecular weight excluding hydrogens is 450 g/mol. The van der Waals surface area contributed by atoms with Crippen LogP contribution in [0, 0.1) is 5.92 Å². The minimum absolute atomic E-state index is 0.235. The van der Waals surface area contributed by atoms with Crippen LogP contribution in [-0.4, -0.2) is 30.6 Å². The normalized spacial score (nSPS) is 14.3. The van der Waals surface area contributed by atoms with Crippen LogP contribution < -0.4 is 9.64 Å². The van der Waals surface area contributed by atoms with Crippen LogP contribution in [0.15, 0.2) is 83.4 Å². The van der Waals surface area contributed by atoms with Crippen LogP contribution in [0.3, 0.4) is 0 Å². The van der Waals surface area contributed by atoms with E-state index in [1.54, 1.807) is 12.0 Å². The average Bonchev–Trinajstić information content (AvgIpc) is 2.85. The van der Waals surface area contributed by atoms with Crippen LogP contribution in [0.25, 0.3) is 11.1 Å². The first-order chi connectivity index (χ1) is 16.4. The molecule has 1 aliphatic rings. The molecule has 0 saturated heterocycles. The number of nitrogens with zero attached hydrogens (tertiary/aromatic N) is 1. The Balaban J connectivity index is 1.91. The number of carbonyl (C=O) groups is 2. The van der Waals surface area contributed by atoms with Gasteiger partial charge in [0, 0.05) is 22.8 Å². The van der Waals surface area contributed by atoms with Gasteiger partial charge in [-0.1, -0.05) is 66.2 Å². The molecule has 3 rings (SSSR count). The van der Waals surface area contributed by atoms with Gasteiger partial charge < -0.3 is 14.7 Å². The van der Waals surface area contributed by atoms with Gasteiger partial charge in [0.25, 0.3) is 0 Å². The van der Waals surface area contributed by atoms with Crippen molar-refractivity contribution in [1.29, 1.82) is 0 Å². The number of hydrogen-bond donors (Lipinski definition) is 1. The fraction of sp³-hybridized carbons (Fsp3) is 0.286. The molecule has 0 unspecified atom stereocenters. The Hall–Kier alpha value is -3.31. The second kappa shape index (κ2) is 12.2. The number of methoxy groups -OCH3 is 1. The smallest absolute Gasteiger partial charge is 0.304 e. The van der Waals surface area contributed by atoms with Crippen molar-refractivity contribution in [2.45, 2.75) is 32.6 Å². The summed E-state index contributed by atoms with van der Waals surface area (Å²) in [5, 5.41) is 10.2. The lowest BCUT2D eigenvalue weighted by Gasteiger charge is -2.27. The number of ether oxygens (including phenoxy) is 1. The van der Waals surface area contributed by atoms with Crippen LogP contribution in [0.1, 0.15) is 32.6 Å². The van der Waals surface area contributed by atoms with Crippen molar-refractivity contribution >= 4 is 29.2 Å². The Labute approximate surface area is 206 Å². The monoisotopic (exact) mass is 479 g/mol. The summed E-state index contributed by atoms with van der Waals surface area (Å²) in [6, 6.07) is 15.4. The predicted molar refractivity (Wildman–Crippen MR) is 137 cm³/mol. The number of rotatable bonds is 10. The molecule has 34 heavy (non-hydrogen) atoms. The van der Waals surface area contributed by atoms with E-state index in [2.05, 4.69) is 0 Å². The molecule has 0 saturated carbocycles. The van der Waals surface area contributed by atoms with Gasteiger partial charge >= 0.3 is 5.97 Å². The standard InChI is InChI=1S/C28H30ClNO4/c1-3-4-17-30(23-15-13-20(14-16-23)24-10-6-8-12-26(24)34-2)28(33)22(19-27(31)32)18-21-9-5-7-11-25(21)29/h3-6,8-10,12-16,22H,7,11,17-19H2,1-2H3,(H,31,32)/b4-3-/t22-/m1/s1. The Bertz CT molecular complexity index is 1100. The molecule has 0 fully saturated rings. The number of para-hydroxylation sites is 1. The Morgan fingerprint density at radius 1 is 1.18 bits per heavy atom. The molecule has 1 aliphatic carbocycles. The highest BCUT2D eigenvalue weighted by atomic mass is 35.5. The second-order valence-corrected chi connectivity index (χ2v) is 8.59. The van der Waals surface area contributed by atoms with Gasteiger partial charge in [-0.05, 0) is 55.5 Å². The lowest BCUT2D eigenvalue weighted by molar-refractivity contribution is -0.140. The third-order valence-corrected chi connectivity index (χ3v) is 6.25. The molecule has 1 atom stereocenters. The number of carboxylic acid groups (broad SMARTS) is 1. The Morgan fingerprint density at radius 2 is 1.91 bits per heavy atom. The maximum absolute atomic E-state index is 13.6. The largest absolute Gasteiger partial charge is 0.496 e. The Kier molecular flexibility index (Phi) is 9.11. The molecular formula is C28H30ClNO4. The number of carboxylic acids is 1. The third kappa shape index (κ3) is 6.39. The molecule has 0 heterocycles. The zero-order chi connectivity index (χ0) is 24.5. The first kappa shape index (κ1) is 25.3. The topological polar surface area (TPSA) is 66.8 Å². The van der Waals surface area contributed by atoms with Crippen molar-refractivity contribution in [3.05, 3.63) is 83.4 Å². The number of benzene rings is 2. The van der Waals surface area contributed by atoms with Crippen molar-refractivity contribution in [2.75, 3.05) is 18.6 Å². The number of allylic oxidation sites excluding steroid dienone is 5. The second-order valence-electron chi connectivity index (χ2n) is 8.14. The first-order valence-corrected chi connectivity index (χ1v) is 11.7. The van der Waals surface area contributed by atoms with Gasteiger partial charge in [-0.15, -0.1) is 0 Å². The van der Waals surface area contributed by atoms with Crippen molar-refractivity contribution < 1.29 is 19.4 Å². The zero-order valence-electron chi connectivity index (χ0n) is 19.5. The SMILES string of the molecule is C/C=C\CN(C(=O)[C@@H](CC(=O)O)CC1=C(Cl)CCC=C1)c1ccc(-c2ccccc2OC)cc1. The van der Waals surface area contributed by atoms with Crippen LogP contribution in [-0.2, 0) is 9.59 Å². The van der Waals surface area contributed by atoms with Gasteiger partial charge in [0.15, 0.2) is 0 Å². The average molecular weight is 480 g/mol. The first-order valence-electron chi connectivity index (χ1n) is 11.4. The van der Waals surface area contributed by atoms with E-state index in [0.29, 0.717) is 30.1 Å². The summed E-state index contributed by atoms with van der Waals surface area (Å²) in [4.78, 5) is 26.9. The van der Waals surface area contributed by atoms with Gasteiger partial charge in [0.2, 0.25) is 5.91 Å². The number of anilines is 1. The van der Waals surface area contributed by atoms with Gasteiger partial charge in [-0.2, -0.15) is 0 Å². The molecule has 0 spiro atoms. The van der Waals surface area contributed by atoms with Crippen LogP contribution in [0.5, 0.6) is 5.75 Å². The van der Waals surface area contributed by atoms with E-state index in [1.165, 1.54) is 0 Å². The molecule has 1 N–H and O–H groups in total. The highest BCUT2D eigenvalue weighted by molar-refractivity contribution is 6.30. The molecule has 0 aliphatic heterocycles. The fourth-order valence-corrected chi connectivity index (χ4v) is 4.30. The minimum atomic E-state index is -1.01. The predicted octanol–water partition coefficient (Wildman–Crippen LogP) is 6.60. The molecule has 6 heteroatoms. The quantitative estimate of drug-likeness (QED) is 0.390. The molecule has 0 bridgehead atoms. The summed E-state index contributed by atoms with van der Waals surface area (Å²) in [5.41, 5.74) is 3.46. The molecule has 1 amide bonds. The van der Waals surface area contributed by atoms with Gasteiger partial charge in [0.1, 0.15) is 5.75 Å². The van der Waals surface area contributed by atoms with Crippen molar-refractivity contribution in [3.63, 3.8) is 0 Å². The van der Waals surface area contributed by atoms with E-state index >= 15 is 0 Å². The summed E-state index contributed by atoms with van der Waals surface area (Å²) >= 11 is 6.38. The van der Waals surface area contributed by atoms with Crippen LogP contribution in [0.2, 0.25) is 0 Å². The maximum Gasteiger partial charge on any atom is 0.304 e. The number of aliphatic carboxylic acids is 1. The number of carbonyl (C=O) groups excluding carboxylic acids is 1. The summed E-state index contributed by atoms with van der Waals surface area (Å²) in [7, 11) is 1.64. The fourth-order valence-electron chi connectivity index (χ4n) is 4.05. The third-order valence-electron chi connectivity index (χ3n) is 5.82. The molecule has 0 radical (unpaired) electrons. The van der Waals surface area contributed by atoms with E-state index in [1.807, 2.05) is 79.8 Å². The highest BCUT2D eigenvalue weighted by Crippen LogP contribution is 2.33. The van der Waals surface area contributed by atoms with E-state index < -0.39 is 11.9 Å². The molecule has 178 valence electrons. The van der Waals surface area contributed by atoms with E-state index in [4.69, 9.17) is 16.3 Å². The molecule has 5 nitrogen and oxygen atoms in total. The number of hydrogen-bond acceptors (Lipinski definition) is 3. The minimum Gasteiger partial charge on any atom is -0.496 e. The maximum atomic E-state index is 13.6. The molecule has 0 aromatic heterocycles. The van der Waals surface area contributed by atoms with E-state index in [9.17, 15) is 14.7 Å². The number of halogens is 1. The molecule has 2 aromatic rings. The Morgan fingerprint density at radius 3 is 2.56 bits per heavy atom. The van der Waals surface area contributed by atoms with Crippen LogP contribution >= 0.6 is 11.6 Å². The summed E-state index contributed by atoms with van der Waals surface area (Å²) in [6.07, 6.45) is 9.29. The summed E-state index contributed by atoms with van der Waals surface area (Å²) in [5.74, 6) is -1.19. The van der Waals surface area contributed by atoms with Crippen molar-refractivity contribution in [3.8, 4) is 16.9 Å². The van der Waals surface area contributed by atoms with E-state index in [0.717, 1.165) is 28.9 Å². The summed E-state index contributed by atoms with van der Waals surface area (Å²) < 4.78 is 5.47. The van der Waals surface area contributed by atoms with Gasteiger partial charge in [-0.3, -0.25) is 9.59 Å². The molecule has 2 aromatic carbocycles. The zero-order valence-corrected chi connectivity index (χ0v) is 20.3. The van der Waals surface area contributed by atoms with Crippen LogP contribution in [0.4, 0.5) is 5.69 Å². The lowest BCUT2D eigenvalue weighted by atomic mass is 9.91. The number of amides is 1. The summed E-state index contributed by atoms with van der Waals surface area (Å²) in [6.45, 7) is 2.24. The van der Waals surface area contributed by atoms with Crippen molar-refractivity contribution in [2.24, 2.45) is 5.92 Å². The van der Waals surface area contributed by atoms with Gasteiger partial charge in [-0.25, -0.2) is 0 Å².